The van der Waals surface area contributed by atoms with E-state index in [0.29, 0.717) is 11.1 Å². The van der Waals surface area contributed by atoms with Crippen LogP contribution in [0, 0.1) is 3.57 Å². The van der Waals surface area contributed by atoms with Crippen LogP contribution in [0.5, 0.6) is 0 Å². The third-order valence-electron chi connectivity index (χ3n) is 3.65. The van der Waals surface area contributed by atoms with Gasteiger partial charge in [-0.05, 0) is 60.6 Å². The van der Waals surface area contributed by atoms with Crippen molar-refractivity contribution in [2.24, 2.45) is 0 Å². The van der Waals surface area contributed by atoms with E-state index in [-0.39, 0.29) is 11.9 Å². The fraction of sp³-hybridized carbons (Fsp3) is 0.533. The van der Waals surface area contributed by atoms with Gasteiger partial charge in [-0.15, -0.1) is 0 Å². The molecule has 1 saturated carbocycles. The van der Waals surface area contributed by atoms with E-state index < -0.39 is 0 Å². The van der Waals surface area contributed by atoms with Gasteiger partial charge >= 0.3 is 0 Å². The SMILES string of the molecule is CC(Nc1ccc(Cl)cc1I)C(=O)NC1CCCCC1. The number of anilines is 1. The minimum Gasteiger partial charge on any atom is -0.373 e. The van der Waals surface area contributed by atoms with Crippen LogP contribution in [0.15, 0.2) is 18.2 Å². The molecule has 0 saturated heterocycles. The number of hydrogen-bond donors (Lipinski definition) is 2. The topological polar surface area (TPSA) is 41.1 Å². The number of amides is 1. The highest BCUT2D eigenvalue weighted by Crippen LogP contribution is 2.23. The molecule has 5 heteroatoms. The second kappa shape index (κ2) is 7.50. The summed E-state index contributed by atoms with van der Waals surface area (Å²) < 4.78 is 1.02. The van der Waals surface area contributed by atoms with Crippen LogP contribution >= 0.6 is 34.2 Å². The highest BCUT2D eigenvalue weighted by molar-refractivity contribution is 14.1. The highest BCUT2D eigenvalue weighted by Gasteiger charge is 2.19. The molecule has 110 valence electrons. The van der Waals surface area contributed by atoms with Crippen molar-refractivity contribution in [3.63, 3.8) is 0 Å². The van der Waals surface area contributed by atoms with Gasteiger partial charge in [0.15, 0.2) is 0 Å². The van der Waals surface area contributed by atoms with Gasteiger partial charge in [-0.1, -0.05) is 30.9 Å². The number of rotatable bonds is 4. The molecular weight excluding hydrogens is 387 g/mol. The maximum Gasteiger partial charge on any atom is 0.242 e. The molecule has 1 aliphatic carbocycles. The third kappa shape index (κ3) is 4.52. The number of carbonyl (C=O) groups is 1. The highest BCUT2D eigenvalue weighted by atomic mass is 127. The van der Waals surface area contributed by atoms with Crippen LogP contribution in [-0.4, -0.2) is 18.0 Å². The molecule has 2 rings (SSSR count). The van der Waals surface area contributed by atoms with Crippen molar-refractivity contribution in [3.8, 4) is 0 Å². The molecule has 2 N–H and O–H groups in total. The van der Waals surface area contributed by atoms with Gasteiger partial charge in [0.1, 0.15) is 6.04 Å². The first kappa shape index (κ1) is 15.9. The summed E-state index contributed by atoms with van der Waals surface area (Å²) in [7, 11) is 0. The van der Waals surface area contributed by atoms with E-state index in [1.54, 1.807) is 0 Å². The Kier molecular flexibility index (Phi) is 5.96. The van der Waals surface area contributed by atoms with Gasteiger partial charge in [0.05, 0.1) is 0 Å². The minimum absolute atomic E-state index is 0.0719. The summed E-state index contributed by atoms with van der Waals surface area (Å²) in [5.74, 6) is 0.0719. The molecule has 0 aliphatic heterocycles. The first-order chi connectivity index (χ1) is 9.56. The predicted octanol–water partition coefficient (Wildman–Crippen LogP) is 4.19. The van der Waals surface area contributed by atoms with Gasteiger partial charge in [0.25, 0.3) is 0 Å². The molecule has 1 aliphatic rings. The van der Waals surface area contributed by atoms with E-state index in [2.05, 4.69) is 33.2 Å². The molecule has 0 bridgehead atoms. The van der Waals surface area contributed by atoms with Gasteiger partial charge in [0, 0.05) is 20.3 Å². The molecule has 0 heterocycles. The van der Waals surface area contributed by atoms with E-state index in [0.717, 1.165) is 22.1 Å². The fourth-order valence-corrected chi connectivity index (χ4v) is 3.51. The van der Waals surface area contributed by atoms with Crippen LogP contribution < -0.4 is 10.6 Å². The summed E-state index contributed by atoms with van der Waals surface area (Å²) in [6, 6.07) is 5.74. The summed E-state index contributed by atoms with van der Waals surface area (Å²) in [5, 5.41) is 7.10. The molecule has 0 aromatic heterocycles. The Balaban J connectivity index is 1.89. The van der Waals surface area contributed by atoms with Gasteiger partial charge in [-0.2, -0.15) is 0 Å². The van der Waals surface area contributed by atoms with E-state index in [9.17, 15) is 4.79 Å². The summed E-state index contributed by atoms with van der Waals surface area (Å²) >= 11 is 8.15. The van der Waals surface area contributed by atoms with Crippen molar-refractivity contribution in [1.82, 2.24) is 5.32 Å². The molecule has 20 heavy (non-hydrogen) atoms. The molecule has 1 unspecified atom stereocenters. The average Bonchev–Trinajstić information content (AvgIpc) is 2.43. The number of benzene rings is 1. The van der Waals surface area contributed by atoms with Crippen molar-refractivity contribution >= 4 is 45.8 Å². The van der Waals surface area contributed by atoms with Crippen molar-refractivity contribution in [3.05, 3.63) is 26.8 Å². The molecule has 1 amide bonds. The molecule has 1 atom stereocenters. The van der Waals surface area contributed by atoms with Crippen LogP contribution in [0.1, 0.15) is 39.0 Å². The standard InChI is InChI=1S/C15H20ClIN2O/c1-10(15(20)19-12-5-3-2-4-6-12)18-14-8-7-11(16)9-13(14)17/h7-10,12,18H,2-6H2,1H3,(H,19,20). The predicted molar refractivity (Wildman–Crippen MR) is 92.3 cm³/mol. The van der Waals surface area contributed by atoms with Crippen molar-refractivity contribution < 1.29 is 4.79 Å². The van der Waals surface area contributed by atoms with Gasteiger partial charge in [0.2, 0.25) is 5.91 Å². The lowest BCUT2D eigenvalue weighted by molar-refractivity contribution is -0.122. The van der Waals surface area contributed by atoms with Crippen LogP contribution in [0.2, 0.25) is 5.02 Å². The normalized spacial score (nSPS) is 17.6. The van der Waals surface area contributed by atoms with Gasteiger partial charge in [-0.3, -0.25) is 4.79 Å². The van der Waals surface area contributed by atoms with Crippen LogP contribution in [0.3, 0.4) is 0 Å². The Labute approximate surface area is 139 Å². The molecule has 1 aromatic carbocycles. The first-order valence-corrected chi connectivity index (χ1v) is 8.54. The first-order valence-electron chi connectivity index (χ1n) is 7.08. The molecular formula is C15H20ClIN2O. The van der Waals surface area contributed by atoms with Gasteiger partial charge in [-0.25, -0.2) is 0 Å². The molecule has 1 fully saturated rings. The van der Waals surface area contributed by atoms with Crippen molar-refractivity contribution in [2.45, 2.75) is 51.1 Å². The number of halogens is 2. The zero-order valence-electron chi connectivity index (χ0n) is 11.6. The zero-order valence-corrected chi connectivity index (χ0v) is 14.5. The number of nitrogens with one attached hydrogen (secondary N) is 2. The Morgan fingerprint density at radius 1 is 1.35 bits per heavy atom. The maximum absolute atomic E-state index is 12.2. The fourth-order valence-electron chi connectivity index (χ4n) is 2.48. The summed E-state index contributed by atoms with van der Waals surface area (Å²) in [6.07, 6.45) is 5.96. The molecule has 3 nitrogen and oxygen atoms in total. The molecule has 0 spiro atoms. The minimum atomic E-state index is -0.244. The smallest absolute Gasteiger partial charge is 0.242 e. The summed E-state index contributed by atoms with van der Waals surface area (Å²) in [5.41, 5.74) is 0.946. The summed E-state index contributed by atoms with van der Waals surface area (Å²) in [4.78, 5) is 12.2. The lowest BCUT2D eigenvalue weighted by Gasteiger charge is -2.25. The number of carbonyl (C=O) groups excluding carboxylic acids is 1. The lowest BCUT2D eigenvalue weighted by atomic mass is 9.95. The van der Waals surface area contributed by atoms with E-state index in [1.165, 1.54) is 19.3 Å². The Hall–Kier alpha value is -0.490. The molecule has 1 aromatic rings. The Bertz CT molecular complexity index is 475. The average molecular weight is 407 g/mol. The van der Waals surface area contributed by atoms with E-state index >= 15 is 0 Å². The van der Waals surface area contributed by atoms with Crippen LogP contribution in [0.4, 0.5) is 5.69 Å². The van der Waals surface area contributed by atoms with Gasteiger partial charge < -0.3 is 10.6 Å². The Morgan fingerprint density at radius 3 is 2.70 bits per heavy atom. The van der Waals surface area contributed by atoms with E-state index in [1.807, 2.05) is 25.1 Å². The largest absolute Gasteiger partial charge is 0.373 e. The maximum atomic E-state index is 12.2. The lowest BCUT2D eigenvalue weighted by Crippen LogP contribution is -2.44. The van der Waals surface area contributed by atoms with Crippen LogP contribution in [0.25, 0.3) is 0 Å². The Morgan fingerprint density at radius 2 is 2.05 bits per heavy atom. The quantitative estimate of drug-likeness (QED) is 0.736. The zero-order chi connectivity index (χ0) is 14.5. The van der Waals surface area contributed by atoms with E-state index in [4.69, 9.17) is 11.6 Å². The second-order valence-electron chi connectivity index (χ2n) is 5.33. The third-order valence-corrected chi connectivity index (χ3v) is 4.78. The van der Waals surface area contributed by atoms with Crippen LogP contribution in [-0.2, 0) is 4.79 Å². The van der Waals surface area contributed by atoms with Crippen molar-refractivity contribution in [2.75, 3.05) is 5.32 Å². The molecule has 0 radical (unpaired) electrons. The second-order valence-corrected chi connectivity index (χ2v) is 6.93. The van der Waals surface area contributed by atoms with Crippen molar-refractivity contribution in [1.29, 1.82) is 0 Å². The summed E-state index contributed by atoms with van der Waals surface area (Å²) in [6.45, 7) is 1.89. The number of hydrogen-bond acceptors (Lipinski definition) is 2. The monoisotopic (exact) mass is 406 g/mol.